The zero-order chi connectivity index (χ0) is 17.9. The van der Waals surface area contributed by atoms with Crippen molar-refractivity contribution in [2.24, 2.45) is 0 Å². The topological polar surface area (TPSA) is 59.0 Å². The lowest BCUT2D eigenvalue weighted by Gasteiger charge is -2.34. The molecule has 1 amide bonds. The molecular formula is C21H22N4O. The lowest BCUT2D eigenvalue weighted by molar-refractivity contribution is 0.0648. The van der Waals surface area contributed by atoms with Gasteiger partial charge in [-0.2, -0.15) is 0 Å². The maximum Gasteiger partial charge on any atom is 0.293 e. The summed E-state index contributed by atoms with van der Waals surface area (Å²) in [5.41, 5.74) is 4.15. The SMILES string of the molecule is CCCN(C(=O)c1nnc2ccccc2n1)[C@H]1CCc2ccccc2C1. The van der Waals surface area contributed by atoms with E-state index in [9.17, 15) is 4.79 Å². The van der Waals surface area contributed by atoms with E-state index in [0.717, 1.165) is 25.7 Å². The van der Waals surface area contributed by atoms with Crippen molar-refractivity contribution in [1.82, 2.24) is 20.1 Å². The summed E-state index contributed by atoms with van der Waals surface area (Å²) >= 11 is 0. The molecular weight excluding hydrogens is 324 g/mol. The predicted octanol–water partition coefficient (Wildman–Crippen LogP) is 3.43. The van der Waals surface area contributed by atoms with E-state index in [1.165, 1.54) is 11.1 Å². The summed E-state index contributed by atoms with van der Waals surface area (Å²) in [4.78, 5) is 19.5. The lowest BCUT2D eigenvalue weighted by atomic mass is 9.87. The largest absolute Gasteiger partial charge is 0.333 e. The molecule has 0 unspecified atom stereocenters. The van der Waals surface area contributed by atoms with Gasteiger partial charge in [-0.15, -0.1) is 10.2 Å². The molecule has 1 atom stereocenters. The molecule has 1 aliphatic carbocycles. The maximum absolute atomic E-state index is 13.2. The number of amides is 1. The molecule has 3 aromatic rings. The molecule has 5 nitrogen and oxygen atoms in total. The van der Waals surface area contributed by atoms with Gasteiger partial charge in [0.05, 0.1) is 5.52 Å². The van der Waals surface area contributed by atoms with E-state index in [2.05, 4.69) is 46.4 Å². The van der Waals surface area contributed by atoms with Crippen LogP contribution in [0, 0.1) is 0 Å². The van der Waals surface area contributed by atoms with E-state index in [-0.39, 0.29) is 17.8 Å². The van der Waals surface area contributed by atoms with Crippen molar-refractivity contribution in [2.45, 2.75) is 38.6 Å². The average molecular weight is 346 g/mol. The van der Waals surface area contributed by atoms with E-state index in [4.69, 9.17) is 0 Å². The zero-order valence-corrected chi connectivity index (χ0v) is 14.9. The van der Waals surface area contributed by atoms with Crippen molar-refractivity contribution in [3.05, 3.63) is 65.5 Å². The summed E-state index contributed by atoms with van der Waals surface area (Å²) in [6.07, 6.45) is 3.78. The van der Waals surface area contributed by atoms with Crippen LogP contribution in [0.5, 0.6) is 0 Å². The molecule has 0 N–H and O–H groups in total. The number of para-hydroxylation sites is 1. The highest BCUT2D eigenvalue weighted by molar-refractivity contribution is 5.92. The molecule has 0 spiro atoms. The first-order chi connectivity index (χ1) is 12.8. The third-order valence-corrected chi connectivity index (χ3v) is 5.04. The van der Waals surface area contributed by atoms with Crippen molar-refractivity contribution < 1.29 is 4.79 Å². The van der Waals surface area contributed by atoms with Crippen molar-refractivity contribution >= 4 is 16.9 Å². The zero-order valence-electron chi connectivity index (χ0n) is 14.9. The Morgan fingerprint density at radius 1 is 1.04 bits per heavy atom. The average Bonchev–Trinajstić information content (AvgIpc) is 2.71. The quantitative estimate of drug-likeness (QED) is 0.726. The fourth-order valence-electron chi connectivity index (χ4n) is 3.74. The molecule has 0 fully saturated rings. The van der Waals surface area contributed by atoms with Crippen LogP contribution in [-0.2, 0) is 12.8 Å². The number of benzene rings is 2. The Bertz CT molecular complexity index is 940. The second-order valence-corrected chi connectivity index (χ2v) is 6.79. The van der Waals surface area contributed by atoms with Crippen molar-refractivity contribution in [3.63, 3.8) is 0 Å². The molecule has 5 heteroatoms. The number of hydrogen-bond acceptors (Lipinski definition) is 4. The van der Waals surface area contributed by atoms with Crippen molar-refractivity contribution in [2.75, 3.05) is 6.54 Å². The Labute approximate surface area is 153 Å². The third-order valence-electron chi connectivity index (χ3n) is 5.04. The van der Waals surface area contributed by atoms with Crippen LogP contribution in [0.1, 0.15) is 41.5 Å². The Morgan fingerprint density at radius 3 is 2.58 bits per heavy atom. The van der Waals surface area contributed by atoms with Gasteiger partial charge in [-0.3, -0.25) is 4.79 Å². The fourth-order valence-corrected chi connectivity index (χ4v) is 3.74. The molecule has 26 heavy (non-hydrogen) atoms. The van der Waals surface area contributed by atoms with Crippen LogP contribution in [0.2, 0.25) is 0 Å². The van der Waals surface area contributed by atoms with Gasteiger partial charge in [-0.1, -0.05) is 43.3 Å². The van der Waals surface area contributed by atoms with E-state index < -0.39 is 0 Å². The normalized spacial score (nSPS) is 16.3. The van der Waals surface area contributed by atoms with Crippen molar-refractivity contribution in [3.8, 4) is 0 Å². The smallest absolute Gasteiger partial charge is 0.293 e. The van der Waals surface area contributed by atoms with Crippen LogP contribution < -0.4 is 0 Å². The van der Waals surface area contributed by atoms with Crippen LogP contribution in [-0.4, -0.2) is 38.6 Å². The second kappa shape index (κ2) is 7.20. The third kappa shape index (κ3) is 3.17. The summed E-state index contributed by atoms with van der Waals surface area (Å²) < 4.78 is 0. The number of rotatable bonds is 4. The summed E-state index contributed by atoms with van der Waals surface area (Å²) in [6, 6.07) is 16.2. The summed E-state index contributed by atoms with van der Waals surface area (Å²) in [7, 11) is 0. The Hall–Kier alpha value is -2.82. The van der Waals surface area contributed by atoms with Gasteiger partial charge >= 0.3 is 0 Å². The first-order valence-corrected chi connectivity index (χ1v) is 9.23. The van der Waals surface area contributed by atoms with Crippen LogP contribution >= 0.6 is 0 Å². The summed E-state index contributed by atoms with van der Waals surface area (Å²) in [6.45, 7) is 2.80. The van der Waals surface area contributed by atoms with E-state index in [1.54, 1.807) is 0 Å². The minimum absolute atomic E-state index is 0.116. The molecule has 0 radical (unpaired) electrons. The van der Waals surface area contributed by atoms with E-state index >= 15 is 0 Å². The molecule has 4 rings (SSSR count). The first-order valence-electron chi connectivity index (χ1n) is 9.23. The number of hydrogen-bond donors (Lipinski definition) is 0. The van der Waals surface area contributed by atoms with Crippen LogP contribution in [0.3, 0.4) is 0 Å². The van der Waals surface area contributed by atoms with Crippen LogP contribution in [0.15, 0.2) is 48.5 Å². The first kappa shape index (κ1) is 16.6. The van der Waals surface area contributed by atoms with Gasteiger partial charge in [0, 0.05) is 12.6 Å². The fraction of sp³-hybridized carbons (Fsp3) is 0.333. The minimum atomic E-state index is -0.116. The Morgan fingerprint density at radius 2 is 1.77 bits per heavy atom. The van der Waals surface area contributed by atoms with Gasteiger partial charge in [-0.25, -0.2) is 4.98 Å². The summed E-state index contributed by atoms with van der Waals surface area (Å²) in [5, 5.41) is 8.26. The number of fused-ring (bicyclic) bond motifs is 2. The van der Waals surface area contributed by atoms with E-state index in [1.807, 2.05) is 29.2 Å². The number of aryl methyl sites for hydroxylation is 1. The minimum Gasteiger partial charge on any atom is -0.333 e. The molecule has 132 valence electrons. The standard InChI is InChI=1S/C21H22N4O/c1-2-13-25(17-12-11-15-7-3-4-8-16(15)14-17)21(26)20-22-18-9-5-6-10-19(18)23-24-20/h3-10,17H,2,11-14H2,1H3/t17-/m0/s1. The predicted molar refractivity (Wildman–Crippen MR) is 101 cm³/mol. The molecule has 1 aliphatic rings. The molecule has 1 heterocycles. The Kier molecular flexibility index (Phi) is 4.61. The number of aromatic nitrogens is 3. The lowest BCUT2D eigenvalue weighted by Crippen LogP contribution is -2.44. The molecule has 1 aromatic heterocycles. The van der Waals surface area contributed by atoms with Crippen LogP contribution in [0.4, 0.5) is 0 Å². The van der Waals surface area contributed by atoms with E-state index in [0.29, 0.717) is 17.6 Å². The monoisotopic (exact) mass is 346 g/mol. The van der Waals surface area contributed by atoms with Gasteiger partial charge in [0.2, 0.25) is 5.82 Å². The van der Waals surface area contributed by atoms with Gasteiger partial charge in [0.1, 0.15) is 5.52 Å². The highest BCUT2D eigenvalue weighted by atomic mass is 16.2. The summed E-state index contributed by atoms with van der Waals surface area (Å²) in [5.74, 6) is 0.0745. The maximum atomic E-state index is 13.2. The Balaban J connectivity index is 1.62. The van der Waals surface area contributed by atoms with Crippen molar-refractivity contribution in [1.29, 1.82) is 0 Å². The molecule has 0 saturated heterocycles. The highest BCUT2D eigenvalue weighted by Gasteiger charge is 2.29. The molecule has 0 aliphatic heterocycles. The number of nitrogens with zero attached hydrogens (tertiary/aromatic N) is 4. The van der Waals surface area contributed by atoms with Gasteiger partial charge < -0.3 is 4.90 Å². The van der Waals surface area contributed by atoms with Gasteiger partial charge in [-0.05, 0) is 48.9 Å². The van der Waals surface area contributed by atoms with Gasteiger partial charge in [0.15, 0.2) is 0 Å². The molecule has 0 bridgehead atoms. The number of carbonyl (C=O) groups is 1. The molecule has 0 saturated carbocycles. The van der Waals surface area contributed by atoms with Gasteiger partial charge in [0.25, 0.3) is 5.91 Å². The molecule has 2 aromatic carbocycles. The second-order valence-electron chi connectivity index (χ2n) is 6.79. The highest BCUT2D eigenvalue weighted by Crippen LogP contribution is 2.25. The number of carbonyl (C=O) groups excluding carboxylic acids is 1. The van der Waals surface area contributed by atoms with Crippen LogP contribution in [0.25, 0.3) is 11.0 Å².